The second-order valence-corrected chi connectivity index (χ2v) is 10.4. The molecule has 0 radical (unpaired) electrons. The Bertz CT molecular complexity index is 1620. The number of halogens is 3. The summed E-state index contributed by atoms with van der Waals surface area (Å²) in [5.74, 6) is 0.0913. The summed E-state index contributed by atoms with van der Waals surface area (Å²) < 4.78 is 27.6. The zero-order valence-electron chi connectivity index (χ0n) is 21.4. The molecule has 11 heteroatoms. The molecule has 0 aliphatic carbocycles. The molecule has 202 valence electrons. The Hall–Kier alpha value is -3.57. The van der Waals surface area contributed by atoms with Gasteiger partial charge in [0.2, 0.25) is 0 Å². The summed E-state index contributed by atoms with van der Waals surface area (Å²) >= 11 is 6.87. The lowest BCUT2D eigenvalue weighted by atomic mass is 10.1. The number of aromatic nitrogens is 2. The van der Waals surface area contributed by atoms with Gasteiger partial charge in [0, 0.05) is 10.4 Å². The summed E-state index contributed by atoms with van der Waals surface area (Å²) in [6.45, 7) is 3.64. The Labute approximate surface area is 241 Å². The second kappa shape index (κ2) is 12.5. The van der Waals surface area contributed by atoms with Gasteiger partial charge in [0.05, 0.1) is 34.4 Å². The van der Waals surface area contributed by atoms with Crippen molar-refractivity contribution in [3.05, 3.63) is 91.1 Å². The maximum Gasteiger partial charge on any atom is 0.282 e. The molecule has 4 rings (SSSR count). The Kier molecular flexibility index (Phi) is 9.13. The third-order valence-electron chi connectivity index (χ3n) is 5.96. The number of nitrogens with one attached hydrogen (secondary N) is 1. The standard InChI is InChI=1S/C28H25Br2FN4O4/c1-4-16(2)27-34-22-10-9-18(29)13-19(22)28(37)35(27)32-14-17-11-20(30)26(24(12-17)38-3)39-15-25(36)33-23-8-6-5-7-21(23)31/h5-14,16H,4,15H2,1-3H3,(H,33,36)/t16-/m1/s1. The molecular weight excluding hydrogens is 635 g/mol. The van der Waals surface area contributed by atoms with E-state index in [1.165, 1.54) is 36.2 Å². The molecule has 0 fully saturated rings. The quantitative estimate of drug-likeness (QED) is 0.208. The molecule has 0 bridgehead atoms. The molecule has 1 aromatic heterocycles. The van der Waals surface area contributed by atoms with Crippen LogP contribution in [0.4, 0.5) is 10.1 Å². The molecule has 39 heavy (non-hydrogen) atoms. The summed E-state index contributed by atoms with van der Waals surface area (Å²) in [5.41, 5.74) is 0.999. The van der Waals surface area contributed by atoms with E-state index in [4.69, 9.17) is 14.5 Å². The molecule has 0 spiro atoms. The van der Waals surface area contributed by atoms with E-state index >= 15 is 0 Å². The number of carbonyl (C=O) groups excluding carboxylic acids is 1. The topological polar surface area (TPSA) is 94.8 Å². The van der Waals surface area contributed by atoms with Gasteiger partial charge >= 0.3 is 0 Å². The van der Waals surface area contributed by atoms with Crippen molar-refractivity contribution in [1.82, 2.24) is 9.66 Å². The van der Waals surface area contributed by atoms with Crippen LogP contribution in [-0.2, 0) is 4.79 Å². The molecule has 1 amide bonds. The van der Waals surface area contributed by atoms with Gasteiger partial charge in [0.15, 0.2) is 18.1 Å². The van der Waals surface area contributed by atoms with Gasteiger partial charge in [-0.2, -0.15) is 9.78 Å². The van der Waals surface area contributed by atoms with Crippen LogP contribution < -0.4 is 20.3 Å². The Morgan fingerprint density at radius 1 is 1.21 bits per heavy atom. The molecular formula is C28H25Br2FN4O4. The highest BCUT2D eigenvalue weighted by molar-refractivity contribution is 9.10. The fourth-order valence-electron chi connectivity index (χ4n) is 3.74. The average Bonchev–Trinajstić information content (AvgIpc) is 2.92. The third kappa shape index (κ3) is 6.54. The van der Waals surface area contributed by atoms with Gasteiger partial charge in [-0.05, 0) is 70.4 Å². The first kappa shape index (κ1) is 28.4. The van der Waals surface area contributed by atoms with Gasteiger partial charge in [0.25, 0.3) is 11.5 Å². The van der Waals surface area contributed by atoms with Crippen molar-refractivity contribution < 1.29 is 18.7 Å². The van der Waals surface area contributed by atoms with Crippen LogP contribution in [0.5, 0.6) is 11.5 Å². The largest absolute Gasteiger partial charge is 0.493 e. The van der Waals surface area contributed by atoms with Crippen molar-refractivity contribution in [2.75, 3.05) is 19.0 Å². The molecule has 0 saturated heterocycles. The smallest absolute Gasteiger partial charge is 0.282 e. The van der Waals surface area contributed by atoms with Crippen LogP contribution in [0.3, 0.4) is 0 Å². The van der Waals surface area contributed by atoms with Crippen LogP contribution in [0.1, 0.15) is 37.6 Å². The SMILES string of the molecule is CC[C@@H](C)c1nc2ccc(Br)cc2c(=O)n1N=Cc1cc(Br)c(OCC(=O)Nc2ccccc2F)c(OC)c1. The molecule has 1 N–H and O–H groups in total. The number of methoxy groups -OCH3 is 1. The lowest BCUT2D eigenvalue weighted by molar-refractivity contribution is -0.118. The highest BCUT2D eigenvalue weighted by Crippen LogP contribution is 2.36. The first-order valence-corrected chi connectivity index (χ1v) is 13.6. The molecule has 0 aliphatic rings. The minimum atomic E-state index is -0.543. The number of benzene rings is 3. The fourth-order valence-corrected chi connectivity index (χ4v) is 4.68. The number of para-hydroxylation sites is 1. The van der Waals surface area contributed by atoms with E-state index in [9.17, 15) is 14.0 Å². The minimum absolute atomic E-state index is 0.00421. The molecule has 0 aliphatic heterocycles. The number of rotatable bonds is 9. The van der Waals surface area contributed by atoms with Crippen molar-refractivity contribution >= 4 is 60.6 Å². The lowest BCUT2D eigenvalue weighted by Gasteiger charge is -2.15. The van der Waals surface area contributed by atoms with Gasteiger partial charge in [-0.1, -0.05) is 41.9 Å². The molecule has 1 heterocycles. The number of anilines is 1. The number of nitrogens with zero attached hydrogens (tertiary/aromatic N) is 3. The van der Waals surface area contributed by atoms with E-state index in [0.29, 0.717) is 32.5 Å². The normalized spacial score (nSPS) is 12.1. The molecule has 0 unspecified atom stereocenters. The van der Waals surface area contributed by atoms with Crippen molar-refractivity contribution in [2.24, 2.45) is 5.10 Å². The van der Waals surface area contributed by atoms with E-state index < -0.39 is 11.7 Å². The number of hydrogen-bond acceptors (Lipinski definition) is 6. The monoisotopic (exact) mass is 658 g/mol. The number of hydrogen-bond donors (Lipinski definition) is 1. The average molecular weight is 660 g/mol. The number of fused-ring (bicyclic) bond motifs is 1. The summed E-state index contributed by atoms with van der Waals surface area (Å²) in [4.78, 5) is 30.4. The summed E-state index contributed by atoms with van der Waals surface area (Å²) in [7, 11) is 1.46. The van der Waals surface area contributed by atoms with E-state index in [2.05, 4.69) is 42.3 Å². The zero-order valence-corrected chi connectivity index (χ0v) is 24.5. The molecule has 1 atom stereocenters. The second-order valence-electron chi connectivity index (χ2n) is 8.65. The highest BCUT2D eigenvalue weighted by atomic mass is 79.9. The van der Waals surface area contributed by atoms with Crippen molar-refractivity contribution in [3.8, 4) is 11.5 Å². The van der Waals surface area contributed by atoms with Gasteiger partial charge in [0.1, 0.15) is 11.6 Å². The van der Waals surface area contributed by atoms with Crippen molar-refractivity contribution in [2.45, 2.75) is 26.2 Å². The van der Waals surface area contributed by atoms with Crippen LogP contribution in [-0.4, -0.2) is 35.5 Å². The van der Waals surface area contributed by atoms with Crippen LogP contribution >= 0.6 is 31.9 Å². The highest BCUT2D eigenvalue weighted by Gasteiger charge is 2.17. The predicted molar refractivity (Wildman–Crippen MR) is 157 cm³/mol. The number of carbonyl (C=O) groups is 1. The maximum absolute atomic E-state index is 13.8. The van der Waals surface area contributed by atoms with Gasteiger partial charge in [-0.15, -0.1) is 0 Å². The summed E-state index contributed by atoms with van der Waals surface area (Å²) in [5, 5.41) is 7.40. The first-order valence-electron chi connectivity index (χ1n) is 12.0. The van der Waals surface area contributed by atoms with E-state index in [-0.39, 0.29) is 29.5 Å². The maximum atomic E-state index is 13.8. The zero-order chi connectivity index (χ0) is 28.1. The number of amides is 1. The fraction of sp³-hybridized carbons (Fsp3) is 0.214. The Morgan fingerprint density at radius 2 is 1.97 bits per heavy atom. The van der Waals surface area contributed by atoms with Crippen LogP contribution in [0, 0.1) is 5.82 Å². The van der Waals surface area contributed by atoms with E-state index in [1.54, 1.807) is 30.3 Å². The minimum Gasteiger partial charge on any atom is -0.493 e. The third-order valence-corrected chi connectivity index (χ3v) is 7.04. The van der Waals surface area contributed by atoms with Crippen molar-refractivity contribution in [1.29, 1.82) is 0 Å². The van der Waals surface area contributed by atoms with Crippen LogP contribution in [0.2, 0.25) is 0 Å². The molecule has 8 nitrogen and oxygen atoms in total. The van der Waals surface area contributed by atoms with E-state index in [0.717, 1.165) is 10.9 Å². The summed E-state index contributed by atoms with van der Waals surface area (Å²) in [6.07, 6.45) is 2.31. The predicted octanol–water partition coefficient (Wildman–Crippen LogP) is 6.48. The van der Waals surface area contributed by atoms with Crippen molar-refractivity contribution in [3.63, 3.8) is 0 Å². The van der Waals surface area contributed by atoms with Gasteiger partial charge in [-0.25, -0.2) is 9.37 Å². The molecule has 4 aromatic rings. The molecule has 3 aromatic carbocycles. The number of ether oxygens (including phenoxy) is 2. The lowest BCUT2D eigenvalue weighted by Crippen LogP contribution is -2.23. The van der Waals surface area contributed by atoms with Crippen LogP contribution in [0.25, 0.3) is 10.9 Å². The first-order chi connectivity index (χ1) is 18.7. The molecule has 0 saturated carbocycles. The Morgan fingerprint density at radius 3 is 2.69 bits per heavy atom. The van der Waals surface area contributed by atoms with Gasteiger partial charge in [-0.3, -0.25) is 9.59 Å². The van der Waals surface area contributed by atoms with Gasteiger partial charge < -0.3 is 14.8 Å². The summed E-state index contributed by atoms with van der Waals surface area (Å²) in [6, 6.07) is 14.6. The van der Waals surface area contributed by atoms with E-state index in [1.807, 2.05) is 19.9 Å². The van der Waals surface area contributed by atoms with Crippen LogP contribution in [0.15, 0.2) is 73.4 Å². The Balaban J connectivity index is 1.61.